The molecule has 14 nitrogen and oxygen atoms in total. The van der Waals surface area contributed by atoms with Gasteiger partial charge < -0.3 is 35.8 Å². The molecule has 1 fully saturated rings. The van der Waals surface area contributed by atoms with E-state index in [1.807, 2.05) is 54.6 Å². The highest BCUT2D eigenvalue weighted by Crippen LogP contribution is 2.38. The van der Waals surface area contributed by atoms with Gasteiger partial charge in [-0.15, -0.1) is 0 Å². The molecular formula is C33H41N5O9S. The first-order valence-corrected chi connectivity index (χ1v) is 16.5. The number of ether oxygens (including phenoxy) is 1. The number of carbonyl (C=O) groups excluding carboxylic acids is 3. The van der Waals surface area contributed by atoms with Crippen molar-refractivity contribution in [2.75, 3.05) is 81.8 Å². The lowest BCUT2D eigenvalue weighted by molar-refractivity contribution is -0.119. The van der Waals surface area contributed by atoms with Gasteiger partial charge in [0.05, 0.1) is 48.5 Å². The molecule has 2 aliphatic rings. The Balaban J connectivity index is 0.000000706. The van der Waals surface area contributed by atoms with Crippen LogP contribution in [0.25, 0.3) is 11.3 Å². The van der Waals surface area contributed by atoms with Gasteiger partial charge in [-0.05, 0) is 49.0 Å². The second kappa shape index (κ2) is 17.0. The average molecular weight is 684 g/mol. The number of carbonyl (C=O) groups is 3. The number of aliphatic hydroxyl groups excluding tert-OH is 1. The van der Waals surface area contributed by atoms with E-state index in [0.29, 0.717) is 34.6 Å². The second-order valence-corrected chi connectivity index (χ2v) is 12.6. The Hall–Kier alpha value is -4.64. The van der Waals surface area contributed by atoms with Gasteiger partial charge in [-0.1, -0.05) is 36.4 Å². The molecule has 258 valence electrons. The summed E-state index contributed by atoms with van der Waals surface area (Å²) in [5.41, 5.74) is 5.10. The summed E-state index contributed by atoms with van der Waals surface area (Å²) in [5, 5.41) is 14.2. The second-order valence-electron chi connectivity index (χ2n) is 11.0. The molecule has 0 radical (unpaired) electrons. The molecule has 5 rings (SSSR count). The van der Waals surface area contributed by atoms with Crippen molar-refractivity contribution in [3.05, 3.63) is 89.5 Å². The van der Waals surface area contributed by atoms with Gasteiger partial charge in [-0.2, -0.15) is 8.42 Å². The molecule has 2 aliphatic heterocycles. The highest BCUT2D eigenvalue weighted by Gasteiger charge is 2.29. The Morgan fingerprint density at radius 1 is 0.979 bits per heavy atom. The molecule has 6 N–H and O–H groups in total. The van der Waals surface area contributed by atoms with Gasteiger partial charge >= 0.3 is 5.97 Å². The first kappa shape index (κ1) is 37.8. The van der Waals surface area contributed by atoms with Crippen LogP contribution in [0.5, 0.6) is 0 Å². The molecule has 0 aliphatic carbocycles. The van der Waals surface area contributed by atoms with E-state index < -0.39 is 28.4 Å². The SMILES string of the molecule is COC(=O)c1ccc2c(c1)NC(=O)/C2=C(\Nc1ccc(N(C)C(=O)CN2CCN(C)CC2)cc1)c1ccccc1.O.O=S(=O)(O)CCO. The molecule has 15 heteroatoms. The zero-order valence-electron chi connectivity index (χ0n) is 27.0. The summed E-state index contributed by atoms with van der Waals surface area (Å²) in [4.78, 5) is 44.3. The van der Waals surface area contributed by atoms with Gasteiger partial charge in [0.1, 0.15) is 0 Å². The van der Waals surface area contributed by atoms with Crippen LogP contribution in [-0.2, 0) is 24.4 Å². The van der Waals surface area contributed by atoms with Crippen molar-refractivity contribution in [2.45, 2.75) is 0 Å². The van der Waals surface area contributed by atoms with Crippen LogP contribution >= 0.6 is 0 Å². The van der Waals surface area contributed by atoms with E-state index >= 15 is 0 Å². The van der Waals surface area contributed by atoms with E-state index in [1.165, 1.54) is 7.11 Å². The van der Waals surface area contributed by atoms with E-state index in [2.05, 4.69) is 27.5 Å². The topological polar surface area (TPSA) is 200 Å². The maximum absolute atomic E-state index is 13.2. The lowest BCUT2D eigenvalue weighted by Crippen LogP contribution is -2.48. The predicted octanol–water partition coefficient (Wildman–Crippen LogP) is 1.66. The minimum Gasteiger partial charge on any atom is -0.465 e. The lowest BCUT2D eigenvalue weighted by atomic mass is 9.99. The number of nitrogens with zero attached hydrogens (tertiary/aromatic N) is 3. The number of hydrogen-bond acceptors (Lipinski definition) is 10. The van der Waals surface area contributed by atoms with E-state index in [9.17, 15) is 22.8 Å². The van der Waals surface area contributed by atoms with Crippen molar-refractivity contribution in [1.29, 1.82) is 0 Å². The lowest BCUT2D eigenvalue weighted by Gasteiger charge is -2.32. The predicted molar refractivity (Wildman–Crippen MR) is 184 cm³/mol. The largest absolute Gasteiger partial charge is 0.465 e. The molecule has 1 saturated heterocycles. The number of anilines is 3. The highest BCUT2D eigenvalue weighted by atomic mass is 32.2. The average Bonchev–Trinajstić information content (AvgIpc) is 3.38. The summed E-state index contributed by atoms with van der Waals surface area (Å²) < 4.78 is 31.9. The van der Waals surface area contributed by atoms with Crippen LogP contribution in [0.15, 0.2) is 72.8 Å². The molecule has 0 spiro atoms. The van der Waals surface area contributed by atoms with Crippen molar-refractivity contribution in [1.82, 2.24) is 9.80 Å². The molecule has 0 aromatic heterocycles. The van der Waals surface area contributed by atoms with Gasteiger partial charge in [0.2, 0.25) is 5.91 Å². The number of esters is 1. The van der Waals surface area contributed by atoms with Crippen LogP contribution in [0, 0.1) is 0 Å². The van der Waals surface area contributed by atoms with Crippen LogP contribution < -0.4 is 15.5 Å². The fraction of sp³-hybridized carbons (Fsp3) is 0.303. The number of aliphatic hydroxyl groups is 1. The molecular weight excluding hydrogens is 642 g/mol. The van der Waals surface area contributed by atoms with Crippen molar-refractivity contribution >= 4 is 56.2 Å². The van der Waals surface area contributed by atoms with Crippen molar-refractivity contribution in [3.8, 4) is 0 Å². The van der Waals surface area contributed by atoms with Gasteiger partial charge in [0.15, 0.2) is 0 Å². The summed E-state index contributed by atoms with van der Waals surface area (Å²) in [5.74, 6) is -1.27. The number of fused-ring (bicyclic) bond motifs is 1. The maximum atomic E-state index is 13.2. The summed E-state index contributed by atoms with van der Waals surface area (Å²) in [6.45, 7) is 3.56. The number of hydrogen-bond donors (Lipinski definition) is 4. The highest BCUT2D eigenvalue weighted by molar-refractivity contribution is 7.85. The minimum absolute atomic E-state index is 0. The maximum Gasteiger partial charge on any atom is 0.337 e. The number of nitrogens with one attached hydrogen (secondary N) is 2. The first-order chi connectivity index (χ1) is 22.4. The third-order valence-corrected chi connectivity index (χ3v) is 8.40. The monoisotopic (exact) mass is 683 g/mol. The van der Waals surface area contributed by atoms with Crippen molar-refractivity contribution in [3.63, 3.8) is 0 Å². The first-order valence-electron chi connectivity index (χ1n) is 14.8. The molecule has 0 atom stereocenters. The Morgan fingerprint density at radius 3 is 2.19 bits per heavy atom. The fourth-order valence-corrected chi connectivity index (χ4v) is 5.26. The fourth-order valence-electron chi connectivity index (χ4n) is 5.03. The van der Waals surface area contributed by atoms with Crippen LogP contribution in [-0.4, -0.2) is 117 Å². The molecule has 2 amide bonds. The Morgan fingerprint density at radius 2 is 1.62 bits per heavy atom. The summed E-state index contributed by atoms with van der Waals surface area (Å²) in [6, 6.07) is 22.2. The molecule has 48 heavy (non-hydrogen) atoms. The van der Waals surface area contributed by atoms with Crippen LogP contribution in [0.3, 0.4) is 0 Å². The Kier molecular flexibility index (Phi) is 13.4. The van der Waals surface area contributed by atoms with Gasteiger partial charge in [0, 0.05) is 50.2 Å². The third kappa shape index (κ3) is 9.93. The number of methoxy groups -OCH3 is 1. The Bertz CT molecular complexity index is 1720. The quantitative estimate of drug-likeness (QED) is 0.145. The van der Waals surface area contributed by atoms with Gasteiger partial charge in [0.25, 0.3) is 16.0 Å². The number of likely N-dealkylation sites (N-methyl/N-ethyl adjacent to an activating group) is 2. The number of amides is 2. The summed E-state index contributed by atoms with van der Waals surface area (Å²) in [6.07, 6.45) is 0. The van der Waals surface area contributed by atoms with E-state index in [4.69, 9.17) is 14.4 Å². The van der Waals surface area contributed by atoms with Crippen LogP contribution in [0.2, 0.25) is 0 Å². The van der Waals surface area contributed by atoms with Gasteiger partial charge in [-0.3, -0.25) is 19.0 Å². The molecule has 0 saturated carbocycles. The number of rotatable bonds is 9. The van der Waals surface area contributed by atoms with Gasteiger partial charge in [-0.25, -0.2) is 4.79 Å². The van der Waals surface area contributed by atoms with Crippen LogP contribution in [0.4, 0.5) is 17.1 Å². The summed E-state index contributed by atoms with van der Waals surface area (Å²) >= 11 is 0. The standard InChI is InChI=1S/C31H33N5O4.C2H6O4S.H2O/c1-34-15-17-36(18-16-34)20-27(37)35(2)24-12-10-23(11-13-24)32-29(21-7-5-4-6-8-21)28-25-14-9-22(31(39)40-3)19-26(25)33-30(28)38;3-1-2-7(4,5)6;/h4-14,19,32H,15-18,20H2,1-3H3,(H,33,38);3H,1-2H2,(H,4,5,6);1H2/b29-28-;;. The van der Waals surface area contributed by atoms with Crippen molar-refractivity contribution in [2.24, 2.45) is 0 Å². The smallest absolute Gasteiger partial charge is 0.337 e. The van der Waals surface area contributed by atoms with E-state index in [1.54, 1.807) is 30.1 Å². The zero-order chi connectivity index (χ0) is 34.1. The number of piperazine rings is 1. The molecule has 0 bridgehead atoms. The molecule has 0 unspecified atom stereocenters. The third-order valence-electron chi connectivity index (χ3n) is 7.70. The van der Waals surface area contributed by atoms with E-state index in [-0.39, 0.29) is 17.3 Å². The zero-order valence-corrected chi connectivity index (χ0v) is 27.8. The van der Waals surface area contributed by atoms with E-state index in [0.717, 1.165) is 43.1 Å². The molecule has 3 aromatic rings. The molecule has 3 aromatic carbocycles. The minimum atomic E-state index is -3.92. The molecule has 2 heterocycles. The number of benzene rings is 3. The summed E-state index contributed by atoms with van der Waals surface area (Å²) in [7, 11) is 1.29. The normalized spacial score (nSPS) is 15.6. The Labute approximate surface area is 279 Å². The van der Waals surface area contributed by atoms with Crippen LogP contribution in [0.1, 0.15) is 21.5 Å². The van der Waals surface area contributed by atoms with Crippen molar-refractivity contribution < 1.29 is 42.7 Å².